The number of carbonyl (C=O) groups is 2. The number of nitrogens with one attached hydrogen (secondary N) is 1. The zero-order valence-corrected chi connectivity index (χ0v) is 16.7. The van der Waals surface area contributed by atoms with E-state index >= 15 is 0 Å². The Hall–Kier alpha value is -3.08. The van der Waals surface area contributed by atoms with E-state index in [-0.39, 0.29) is 10.8 Å². The SMILES string of the molecule is COc1cccc(C(=O)OC(C)C(=O)Nc2ccc(Cl)cc2C(F)(F)F)c1OC(F)F. The van der Waals surface area contributed by atoms with Gasteiger partial charge < -0.3 is 19.5 Å². The fourth-order valence-electron chi connectivity index (χ4n) is 2.42. The summed E-state index contributed by atoms with van der Waals surface area (Å²) in [4.78, 5) is 24.6. The Labute approximate surface area is 177 Å². The van der Waals surface area contributed by atoms with Gasteiger partial charge in [-0.05, 0) is 37.3 Å². The van der Waals surface area contributed by atoms with Gasteiger partial charge in [0.2, 0.25) is 0 Å². The number of benzene rings is 2. The summed E-state index contributed by atoms with van der Waals surface area (Å²) in [5.41, 5.74) is -2.28. The number of amides is 1. The number of hydrogen-bond acceptors (Lipinski definition) is 5. The average molecular weight is 468 g/mol. The van der Waals surface area contributed by atoms with Crippen LogP contribution in [0.4, 0.5) is 27.6 Å². The minimum absolute atomic E-state index is 0.192. The van der Waals surface area contributed by atoms with Gasteiger partial charge in [0.1, 0.15) is 5.56 Å². The smallest absolute Gasteiger partial charge is 0.418 e. The summed E-state index contributed by atoms with van der Waals surface area (Å²) in [6.07, 6.45) is -6.40. The highest BCUT2D eigenvalue weighted by atomic mass is 35.5. The third-order valence-electron chi connectivity index (χ3n) is 3.82. The lowest BCUT2D eigenvalue weighted by Gasteiger charge is -2.18. The van der Waals surface area contributed by atoms with Gasteiger partial charge in [0.15, 0.2) is 17.6 Å². The standard InChI is InChI=1S/C19H15ClF5NO5/c1-9(16(27)26-13-7-6-10(20)8-12(13)19(23,24)25)30-17(28)11-4-3-5-14(29-2)15(11)31-18(21)22/h3-9,18H,1-2H3,(H,26,27). The lowest BCUT2D eigenvalue weighted by Crippen LogP contribution is -2.31. The number of halogens is 6. The summed E-state index contributed by atoms with van der Waals surface area (Å²) in [5, 5.41) is 1.80. The Morgan fingerprint density at radius 1 is 1.13 bits per heavy atom. The van der Waals surface area contributed by atoms with Crippen LogP contribution in [0.3, 0.4) is 0 Å². The van der Waals surface area contributed by atoms with Crippen molar-refractivity contribution >= 4 is 29.2 Å². The number of ether oxygens (including phenoxy) is 3. The molecule has 0 aromatic heterocycles. The maximum atomic E-state index is 13.1. The van der Waals surface area contributed by atoms with Crippen LogP contribution in [0.1, 0.15) is 22.8 Å². The van der Waals surface area contributed by atoms with Gasteiger partial charge in [-0.25, -0.2) is 4.79 Å². The molecule has 0 heterocycles. The lowest BCUT2D eigenvalue weighted by molar-refractivity contribution is -0.137. The van der Waals surface area contributed by atoms with Crippen molar-refractivity contribution in [3.05, 3.63) is 52.5 Å². The molecule has 0 fully saturated rings. The Balaban J connectivity index is 2.21. The second-order valence-electron chi connectivity index (χ2n) is 5.94. The van der Waals surface area contributed by atoms with Crippen LogP contribution in [0.15, 0.2) is 36.4 Å². The van der Waals surface area contributed by atoms with Crippen molar-refractivity contribution in [3.63, 3.8) is 0 Å². The molecule has 0 aliphatic heterocycles. The first-order valence-corrected chi connectivity index (χ1v) is 8.82. The van der Waals surface area contributed by atoms with Crippen molar-refractivity contribution in [2.24, 2.45) is 0 Å². The highest BCUT2D eigenvalue weighted by Gasteiger charge is 2.35. The van der Waals surface area contributed by atoms with Crippen LogP contribution < -0.4 is 14.8 Å². The average Bonchev–Trinajstić information content (AvgIpc) is 2.68. The first kappa shape index (κ1) is 24.2. The highest BCUT2D eigenvalue weighted by Crippen LogP contribution is 2.37. The van der Waals surface area contributed by atoms with Crippen LogP contribution in [-0.2, 0) is 15.7 Å². The summed E-state index contributed by atoms with van der Waals surface area (Å²) < 4.78 is 78.9. The fourth-order valence-corrected chi connectivity index (χ4v) is 2.59. The van der Waals surface area contributed by atoms with Gasteiger partial charge in [0.05, 0.1) is 18.4 Å². The summed E-state index contributed by atoms with van der Waals surface area (Å²) in [5.74, 6) is -3.14. The Morgan fingerprint density at radius 3 is 2.39 bits per heavy atom. The number of carbonyl (C=O) groups excluding carboxylic acids is 2. The van der Waals surface area contributed by atoms with Crippen molar-refractivity contribution in [1.82, 2.24) is 0 Å². The fraction of sp³-hybridized carbons (Fsp3) is 0.263. The van der Waals surface area contributed by atoms with E-state index in [2.05, 4.69) is 4.74 Å². The Bertz CT molecular complexity index is 967. The Morgan fingerprint density at radius 2 is 1.81 bits per heavy atom. The highest BCUT2D eigenvalue weighted by molar-refractivity contribution is 6.30. The summed E-state index contributed by atoms with van der Waals surface area (Å²) in [6, 6.07) is 6.33. The second-order valence-corrected chi connectivity index (χ2v) is 6.38. The van der Waals surface area contributed by atoms with E-state index in [0.29, 0.717) is 6.07 Å². The van der Waals surface area contributed by atoms with E-state index in [1.54, 1.807) is 0 Å². The van der Waals surface area contributed by atoms with Crippen LogP contribution in [0.5, 0.6) is 11.5 Å². The first-order chi connectivity index (χ1) is 14.4. The molecule has 31 heavy (non-hydrogen) atoms. The van der Waals surface area contributed by atoms with Crippen molar-refractivity contribution in [2.45, 2.75) is 25.8 Å². The maximum Gasteiger partial charge on any atom is 0.418 e. The van der Waals surface area contributed by atoms with Gasteiger partial charge in [-0.15, -0.1) is 0 Å². The van der Waals surface area contributed by atoms with Gasteiger partial charge in [0, 0.05) is 5.02 Å². The topological polar surface area (TPSA) is 73.9 Å². The number of anilines is 1. The molecule has 0 saturated carbocycles. The third-order valence-corrected chi connectivity index (χ3v) is 4.06. The minimum Gasteiger partial charge on any atom is -0.493 e. The molecule has 0 radical (unpaired) electrons. The molecule has 0 spiro atoms. The molecule has 6 nitrogen and oxygen atoms in total. The first-order valence-electron chi connectivity index (χ1n) is 8.44. The molecule has 168 valence electrons. The molecule has 1 atom stereocenters. The number of alkyl halides is 5. The molecule has 2 rings (SSSR count). The van der Waals surface area contributed by atoms with Crippen LogP contribution in [-0.4, -0.2) is 31.7 Å². The molecule has 1 unspecified atom stereocenters. The van der Waals surface area contributed by atoms with Gasteiger partial charge in [-0.3, -0.25) is 4.79 Å². The zero-order valence-electron chi connectivity index (χ0n) is 15.9. The molecule has 0 bridgehead atoms. The predicted molar refractivity (Wildman–Crippen MR) is 99.6 cm³/mol. The molecule has 0 saturated heterocycles. The summed E-state index contributed by atoms with van der Waals surface area (Å²) in [7, 11) is 1.16. The number of para-hydroxylation sites is 1. The van der Waals surface area contributed by atoms with E-state index in [9.17, 15) is 31.5 Å². The molecule has 1 amide bonds. The number of methoxy groups -OCH3 is 1. The van der Waals surface area contributed by atoms with Crippen molar-refractivity contribution < 1.29 is 45.8 Å². The van der Waals surface area contributed by atoms with Crippen LogP contribution >= 0.6 is 11.6 Å². The third kappa shape index (κ3) is 6.20. The van der Waals surface area contributed by atoms with Gasteiger partial charge in [0.25, 0.3) is 5.91 Å². The number of rotatable bonds is 7. The molecule has 2 aromatic carbocycles. The molecule has 12 heteroatoms. The predicted octanol–water partition coefficient (Wildman–Crippen LogP) is 5.15. The van der Waals surface area contributed by atoms with E-state index in [4.69, 9.17) is 21.1 Å². The molecule has 0 aliphatic rings. The van der Waals surface area contributed by atoms with Crippen molar-refractivity contribution in [2.75, 3.05) is 12.4 Å². The summed E-state index contributed by atoms with van der Waals surface area (Å²) in [6.45, 7) is -2.20. The summed E-state index contributed by atoms with van der Waals surface area (Å²) >= 11 is 5.58. The molecule has 2 aromatic rings. The monoisotopic (exact) mass is 467 g/mol. The lowest BCUT2D eigenvalue weighted by atomic mass is 10.1. The van der Waals surface area contributed by atoms with E-state index < -0.39 is 53.3 Å². The van der Waals surface area contributed by atoms with Crippen LogP contribution in [0, 0.1) is 0 Å². The molecule has 0 aliphatic carbocycles. The van der Waals surface area contributed by atoms with Gasteiger partial charge in [-0.2, -0.15) is 22.0 Å². The van der Waals surface area contributed by atoms with E-state index in [1.807, 2.05) is 5.32 Å². The number of esters is 1. The largest absolute Gasteiger partial charge is 0.493 e. The number of hydrogen-bond donors (Lipinski definition) is 1. The van der Waals surface area contributed by atoms with Gasteiger partial charge >= 0.3 is 18.8 Å². The van der Waals surface area contributed by atoms with Crippen LogP contribution in [0.25, 0.3) is 0 Å². The van der Waals surface area contributed by atoms with Crippen molar-refractivity contribution in [1.29, 1.82) is 0 Å². The molecular formula is C19H15ClF5NO5. The van der Waals surface area contributed by atoms with Crippen molar-refractivity contribution in [3.8, 4) is 11.5 Å². The normalized spacial score (nSPS) is 12.3. The second kappa shape index (κ2) is 9.82. The zero-order chi connectivity index (χ0) is 23.3. The van der Waals surface area contributed by atoms with E-state index in [1.165, 1.54) is 12.1 Å². The van der Waals surface area contributed by atoms with E-state index in [0.717, 1.165) is 32.2 Å². The molecular weight excluding hydrogens is 453 g/mol. The van der Waals surface area contributed by atoms with Gasteiger partial charge in [-0.1, -0.05) is 17.7 Å². The Kier molecular flexibility index (Phi) is 7.66. The maximum absolute atomic E-state index is 13.1. The quantitative estimate of drug-likeness (QED) is 0.450. The minimum atomic E-state index is -4.81. The van der Waals surface area contributed by atoms with Crippen LogP contribution in [0.2, 0.25) is 5.02 Å². The molecule has 1 N–H and O–H groups in total.